The summed E-state index contributed by atoms with van der Waals surface area (Å²) < 4.78 is 13.3. The van der Waals surface area contributed by atoms with E-state index in [9.17, 15) is 14.0 Å². The zero-order chi connectivity index (χ0) is 28.9. The minimum absolute atomic E-state index is 0.0374. The summed E-state index contributed by atoms with van der Waals surface area (Å²) in [6.07, 6.45) is 1.14. The van der Waals surface area contributed by atoms with Gasteiger partial charge in [-0.15, -0.1) is 0 Å². The van der Waals surface area contributed by atoms with Crippen LogP contribution < -0.4 is 5.32 Å². The number of carbonyl (C=O) groups excluding carboxylic acids is 1. The summed E-state index contributed by atoms with van der Waals surface area (Å²) >= 11 is 6.12. The third-order valence-electron chi connectivity index (χ3n) is 6.83. The SMILES string of the molecule is C[C@H](NC(=O)c1ccc2nc(-c3ccc(Cl)cc3)c(CCc3cccc(CC(=O)O)c3)nc2c1)c1ccc(F)cc1. The Morgan fingerprint density at radius 2 is 1.61 bits per heavy atom. The van der Waals surface area contributed by atoms with Crippen LogP contribution in [-0.4, -0.2) is 27.0 Å². The van der Waals surface area contributed by atoms with Gasteiger partial charge < -0.3 is 10.4 Å². The van der Waals surface area contributed by atoms with Gasteiger partial charge in [-0.25, -0.2) is 14.4 Å². The Kier molecular flexibility index (Phi) is 8.36. The zero-order valence-electron chi connectivity index (χ0n) is 22.3. The van der Waals surface area contributed by atoms with Crippen LogP contribution in [0, 0.1) is 5.82 Å². The van der Waals surface area contributed by atoms with E-state index >= 15 is 0 Å². The van der Waals surface area contributed by atoms with Gasteiger partial charge in [0.15, 0.2) is 0 Å². The maximum absolute atomic E-state index is 13.3. The van der Waals surface area contributed by atoms with Crippen molar-refractivity contribution >= 4 is 34.5 Å². The fourth-order valence-corrected chi connectivity index (χ4v) is 4.82. The number of amides is 1. The van der Waals surface area contributed by atoms with Gasteiger partial charge in [0, 0.05) is 16.1 Å². The first-order chi connectivity index (χ1) is 19.7. The molecule has 0 spiro atoms. The quantitative estimate of drug-likeness (QED) is 0.200. The first-order valence-corrected chi connectivity index (χ1v) is 13.6. The van der Waals surface area contributed by atoms with Crippen molar-refractivity contribution in [2.45, 2.75) is 32.2 Å². The second-order valence-electron chi connectivity index (χ2n) is 9.87. The molecule has 1 amide bonds. The summed E-state index contributed by atoms with van der Waals surface area (Å²) in [6, 6.07) is 25.8. The van der Waals surface area contributed by atoms with Gasteiger partial charge in [0.25, 0.3) is 5.91 Å². The third kappa shape index (κ3) is 6.94. The Labute approximate surface area is 241 Å². The summed E-state index contributed by atoms with van der Waals surface area (Å²) in [6.45, 7) is 1.84. The first kappa shape index (κ1) is 27.9. The lowest BCUT2D eigenvalue weighted by Gasteiger charge is -2.15. The fraction of sp³-hybridized carbons (Fsp3) is 0.152. The monoisotopic (exact) mass is 567 g/mol. The number of fused-ring (bicyclic) bond motifs is 1. The van der Waals surface area contributed by atoms with Gasteiger partial charge in [-0.1, -0.05) is 60.1 Å². The van der Waals surface area contributed by atoms with Gasteiger partial charge in [0.2, 0.25) is 0 Å². The number of aliphatic carboxylic acids is 1. The predicted molar refractivity (Wildman–Crippen MR) is 157 cm³/mol. The van der Waals surface area contributed by atoms with Crippen molar-refractivity contribution in [2.75, 3.05) is 0 Å². The van der Waals surface area contributed by atoms with Gasteiger partial charge in [-0.2, -0.15) is 0 Å². The molecule has 4 aromatic carbocycles. The standard InChI is InChI=1S/C33H27ClFN3O3/c1-20(23-8-13-27(35)14-9-23)36-33(41)25-10-16-28-30(19-25)37-29(32(38-28)24-6-11-26(34)12-7-24)15-5-21-3-2-4-22(17-21)18-31(39)40/h2-4,6-14,16-17,19-20H,5,15,18H2,1H3,(H,36,41)(H,39,40)/t20-/m0/s1. The van der Waals surface area contributed by atoms with Crippen molar-refractivity contribution in [1.82, 2.24) is 15.3 Å². The maximum Gasteiger partial charge on any atom is 0.307 e. The topological polar surface area (TPSA) is 92.2 Å². The number of halogens is 2. The number of carboxylic acid groups (broad SMARTS) is 1. The minimum atomic E-state index is -0.875. The molecule has 0 aliphatic heterocycles. The van der Waals surface area contributed by atoms with Crippen LogP contribution in [0.5, 0.6) is 0 Å². The van der Waals surface area contributed by atoms with E-state index in [1.807, 2.05) is 37.3 Å². The number of hydrogen-bond acceptors (Lipinski definition) is 4. The second kappa shape index (κ2) is 12.3. The highest BCUT2D eigenvalue weighted by Gasteiger charge is 2.16. The molecule has 1 heterocycles. The average molecular weight is 568 g/mol. The number of carboxylic acids is 1. The number of carbonyl (C=O) groups is 2. The zero-order valence-corrected chi connectivity index (χ0v) is 23.0. The Bertz CT molecular complexity index is 1720. The molecule has 1 atom stereocenters. The number of aryl methyl sites for hydroxylation is 2. The lowest BCUT2D eigenvalue weighted by molar-refractivity contribution is -0.136. The van der Waals surface area contributed by atoms with Crippen LogP contribution in [0.3, 0.4) is 0 Å². The van der Waals surface area contributed by atoms with E-state index in [0.717, 1.165) is 33.6 Å². The number of rotatable bonds is 9. The summed E-state index contributed by atoms with van der Waals surface area (Å²) in [5, 5.41) is 12.7. The van der Waals surface area contributed by atoms with E-state index in [-0.39, 0.29) is 24.2 Å². The van der Waals surface area contributed by atoms with E-state index in [1.165, 1.54) is 12.1 Å². The van der Waals surface area contributed by atoms with Crippen LogP contribution in [-0.2, 0) is 24.1 Å². The van der Waals surface area contributed by atoms with Crippen molar-refractivity contribution in [2.24, 2.45) is 0 Å². The molecule has 0 aliphatic rings. The molecule has 0 saturated heterocycles. The second-order valence-corrected chi connectivity index (χ2v) is 10.3. The Morgan fingerprint density at radius 3 is 2.34 bits per heavy atom. The molecule has 2 N–H and O–H groups in total. The predicted octanol–water partition coefficient (Wildman–Crippen LogP) is 6.99. The van der Waals surface area contributed by atoms with E-state index in [4.69, 9.17) is 26.7 Å². The maximum atomic E-state index is 13.3. The van der Waals surface area contributed by atoms with E-state index in [1.54, 1.807) is 48.5 Å². The average Bonchev–Trinajstić information content (AvgIpc) is 2.96. The van der Waals surface area contributed by atoms with Crippen LogP contribution in [0.15, 0.2) is 91.0 Å². The molecular weight excluding hydrogens is 541 g/mol. The molecule has 206 valence electrons. The first-order valence-electron chi connectivity index (χ1n) is 13.2. The number of nitrogens with one attached hydrogen (secondary N) is 1. The number of hydrogen-bond donors (Lipinski definition) is 2. The molecule has 8 heteroatoms. The summed E-state index contributed by atoms with van der Waals surface area (Å²) in [5.41, 5.74) is 6.53. The largest absolute Gasteiger partial charge is 0.481 e. The molecule has 5 aromatic rings. The van der Waals surface area contributed by atoms with Crippen molar-refractivity contribution in [3.8, 4) is 11.3 Å². The lowest BCUT2D eigenvalue weighted by Crippen LogP contribution is -2.26. The van der Waals surface area contributed by atoms with E-state index in [2.05, 4.69) is 5.32 Å². The summed E-state index contributed by atoms with van der Waals surface area (Å²) in [7, 11) is 0. The van der Waals surface area contributed by atoms with Gasteiger partial charge in [-0.05, 0) is 78.9 Å². The normalized spacial score (nSPS) is 11.8. The number of aromatic nitrogens is 2. The molecule has 1 aromatic heterocycles. The van der Waals surface area contributed by atoms with Crippen LogP contribution in [0.4, 0.5) is 4.39 Å². The van der Waals surface area contributed by atoms with Crippen molar-refractivity contribution < 1.29 is 19.1 Å². The summed E-state index contributed by atoms with van der Waals surface area (Å²) in [4.78, 5) is 34.1. The van der Waals surface area contributed by atoms with E-state index < -0.39 is 5.97 Å². The van der Waals surface area contributed by atoms with Crippen molar-refractivity contribution in [3.05, 3.63) is 130 Å². The van der Waals surface area contributed by atoms with Crippen LogP contribution >= 0.6 is 11.6 Å². The molecule has 0 aliphatic carbocycles. The molecule has 41 heavy (non-hydrogen) atoms. The van der Waals surface area contributed by atoms with E-state index in [0.29, 0.717) is 34.5 Å². The number of nitrogens with zero attached hydrogens (tertiary/aromatic N) is 2. The van der Waals surface area contributed by atoms with Gasteiger partial charge in [0.05, 0.1) is 34.9 Å². The minimum Gasteiger partial charge on any atom is -0.481 e. The van der Waals surface area contributed by atoms with Crippen LogP contribution in [0.2, 0.25) is 5.02 Å². The third-order valence-corrected chi connectivity index (χ3v) is 7.08. The highest BCUT2D eigenvalue weighted by molar-refractivity contribution is 6.30. The van der Waals surface area contributed by atoms with Crippen LogP contribution in [0.1, 0.15) is 45.7 Å². The molecule has 0 unspecified atom stereocenters. The highest BCUT2D eigenvalue weighted by atomic mass is 35.5. The molecule has 0 bridgehead atoms. The van der Waals surface area contributed by atoms with Gasteiger partial charge in [-0.3, -0.25) is 9.59 Å². The molecule has 0 fully saturated rings. The highest BCUT2D eigenvalue weighted by Crippen LogP contribution is 2.27. The Morgan fingerprint density at radius 1 is 0.878 bits per heavy atom. The smallest absolute Gasteiger partial charge is 0.307 e. The van der Waals surface area contributed by atoms with Crippen molar-refractivity contribution in [1.29, 1.82) is 0 Å². The fourth-order valence-electron chi connectivity index (χ4n) is 4.69. The Balaban J connectivity index is 1.45. The van der Waals surface area contributed by atoms with Gasteiger partial charge >= 0.3 is 5.97 Å². The molecular formula is C33H27ClFN3O3. The van der Waals surface area contributed by atoms with Crippen LogP contribution in [0.25, 0.3) is 22.3 Å². The molecule has 0 radical (unpaired) electrons. The summed E-state index contributed by atoms with van der Waals surface area (Å²) in [5.74, 6) is -1.48. The molecule has 6 nitrogen and oxygen atoms in total. The molecule has 5 rings (SSSR count). The van der Waals surface area contributed by atoms with Crippen molar-refractivity contribution in [3.63, 3.8) is 0 Å². The molecule has 0 saturated carbocycles. The lowest BCUT2D eigenvalue weighted by atomic mass is 10.0. The Hall–Kier alpha value is -4.62. The number of benzene rings is 4. The van der Waals surface area contributed by atoms with Gasteiger partial charge in [0.1, 0.15) is 5.82 Å².